The fraction of sp³-hybridized carbons (Fsp3) is 0.286. The van der Waals surface area contributed by atoms with Gasteiger partial charge in [0.2, 0.25) is 11.2 Å². The standard InChI is InChI=1S/C21H21NO6/c22-13-4-1-10(2-5-13)11-3-6-14-17(9-11)28-21(20(27)18(14)25)12-7-15(23)19(26)16(24)8-12/h3,6-10,13,23-24,26-27H,1-2,4-5,22H2. The Morgan fingerprint density at radius 2 is 1.54 bits per heavy atom. The maximum absolute atomic E-state index is 12.6. The zero-order chi connectivity index (χ0) is 20.0. The Hall–Kier alpha value is -3.19. The molecule has 3 aromatic rings. The molecule has 0 spiro atoms. The van der Waals surface area contributed by atoms with E-state index < -0.39 is 28.4 Å². The van der Waals surface area contributed by atoms with Crippen LogP contribution in [0.1, 0.15) is 37.2 Å². The van der Waals surface area contributed by atoms with Crippen molar-refractivity contribution < 1.29 is 24.8 Å². The maximum Gasteiger partial charge on any atom is 0.235 e. The SMILES string of the molecule is NC1CCC(c2ccc3c(=O)c(O)c(-c4cc(O)c(O)c(O)c4)oc3c2)CC1. The second kappa shape index (κ2) is 6.76. The van der Waals surface area contributed by atoms with Crippen LogP contribution in [-0.4, -0.2) is 26.5 Å². The lowest BCUT2D eigenvalue weighted by atomic mass is 9.82. The largest absolute Gasteiger partial charge is 0.504 e. The van der Waals surface area contributed by atoms with Gasteiger partial charge in [-0.15, -0.1) is 0 Å². The van der Waals surface area contributed by atoms with Gasteiger partial charge in [0.25, 0.3) is 0 Å². The molecule has 1 heterocycles. The van der Waals surface area contributed by atoms with Crippen LogP contribution in [-0.2, 0) is 0 Å². The third-order valence-corrected chi connectivity index (χ3v) is 5.47. The van der Waals surface area contributed by atoms with E-state index in [1.165, 1.54) is 0 Å². The first kappa shape index (κ1) is 18.2. The predicted molar refractivity (Wildman–Crippen MR) is 104 cm³/mol. The summed E-state index contributed by atoms with van der Waals surface area (Å²) in [4.78, 5) is 12.6. The summed E-state index contributed by atoms with van der Waals surface area (Å²) in [5, 5.41) is 39.5. The molecular formula is C21H21NO6. The van der Waals surface area contributed by atoms with Crippen molar-refractivity contribution in [2.45, 2.75) is 37.6 Å². The number of hydrogen-bond donors (Lipinski definition) is 5. The monoisotopic (exact) mass is 383 g/mol. The van der Waals surface area contributed by atoms with E-state index >= 15 is 0 Å². The second-order valence-corrected chi connectivity index (χ2v) is 7.34. The molecule has 7 nitrogen and oxygen atoms in total. The molecule has 6 N–H and O–H groups in total. The van der Waals surface area contributed by atoms with Gasteiger partial charge in [-0.1, -0.05) is 6.07 Å². The molecule has 1 aromatic heterocycles. The van der Waals surface area contributed by atoms with Crippen molar-refractivity contribution in [2.75, 3.05) is 0 Å². The third-order valence-electron chi connectivity index (χ3n) is 5.47. The van der Waals surface area contributed by atoms with Crippen LogP contribution in [0.4, 0.5) is 0 Å². The Labute approximate surface area is 160 Å². The van der Waals surface area contributed by atoms with Crippen molar-refractivity contribution in [1.82, 2.24) is 0 Å². The van der Waals surface area contributed by atoms with Gasteiger partial charge in [0.1, 0.15) is 5.58 Å². The highest BCUT2D eigenvalue weighted by Gasteiger charge is 2.22. The minimum atomic E-state index is -0.691. The summed E-state index contributed by atoms with van der Waals surface area (Å²) in [5.41, 5.74) is 6.77. The molecule has 0 unspecified atom stereocenters. The smallest absolute Gasteiger partial charge is 0.235 e. The first-order valence-corrected chi connectivity index (χ1v) is 9.15. The van der Waals surface area contributed by atoms with Crippen LogP contribution < -0.4 is 11.2 Å². The van der Waals surface area contributed by atoms with Crippen molar-refractivity contribution >= 4 is 11.0 Å². The van der Waals surface area contributed by atoms with Crippen LogP contribution in [0.25, 0.3) is 22.3 Å². The molecule has 2 aromatic carbocycles. The predicted octanol–water partition coefficient (Wildman–Crippen LogP) is 3.27. The molecule has 4 rings (SSSR count). The summed E-state index contributed by atoms with van der Waals surface area (Å²) in [6.07, 6.45) is 3.81. The van der Waals surface area contributed by atoms with E-state index in [0.717, 1.165) is 43.4 Å². The summed E-state index contributed by atoms with van der Waals surface area (Å²) in [6, 6.07) is 7.74. The van der Waals surface area contributed by atoms with Crippen LogP contribution in [0, 0.1) is 0 Å². The fourth-order valence-electron chi connectivity index (χ4n) is 3.84. The maximum atomic E-state index is 12.6. The van der Waals surface area contributed by atoms with E-state index in [4.69, 9.17) is 10.2 Å². The number of phenols is 3. The number of phenolic OH excluding ortho intramolecular Hbond substituents is 3. The molecule has 0 aliphatic heterocycles. The molecule has 1 fully saturated rings. The molecule has 0 atom stereocenters. The lowest BCUT2D eigenvalue weighted by molar-refractivity contribution is 0.368. The summed E-state index contributed by atoms with van der Waals surface area (Å²) >= 11 is 0. The summed E-state index contributed by atoms with van der Waals surface area (Å²) in [7, 11) is 0. The quantitative estimate of drug-likeness (QED) is 0.428. The average Bonchev–Trinajstić information content (AvgIpc) is 2.68. The lowest BCUT2D eigenvalue weighted by Crippen LogP contribution is -2.25. The molecular weight excluding hydrogens is 362 g/mol. The van der Waals surface area contributed by atoms with Gasteiger partial charge in [-0.05, 0) is 61.4 Å². The molecule has 0 saturated heterocycles. The molecule has 1 saturated carbocycles. The van der Waals surface area contributed by atoms with E-state index in [0.29, 0.717) is 11.5 Å². The van der Waals surface area contributed by atoms with Gasteiger partial charge >= 0.3 is 0 Å². The molecule has 1 aliphatic rings. The number of rotatable bonds is 2. The van der Waals surface area contributed by atoms with Crippen molar-refractivity contribution in [2.24, 2.45) is 5.73 Å². The second-order valence-electron chi connectivity index (χ2n) is 7.34. The van der Waals surface area contributed by atoms with E-state index in [1.807, 2.05) is 6.07 Å². The minimum absolute atomic E-state index is 0.0679. The van der Waals surface area contributed by atoms with Crippen LogP contribution >= 0.6 is 0 Å². The lowest BCUT2D eigenvalue weighted by Gasteiger charge is -2.26. The highest BCUT2D eigenvalue weighted by atomic mass is 16.4. The third kappa shape index (κ3) is 3.03. The molecule has 1 aliphatic carbocycles. The molecule has 0 bridgehead atoms. The summed E-state index contributed by atoms with van der Waals surface area (Å²) < 4.78 is 5.78. The number of hydrogen-bond acceptors (Lipinski definition) is 7. The van der Waals surface area contributed by atoms with E-state index in [9.17, 15) is 25.2 Å². The van der Waals surface area contributed by atoms with Crippen LogP contribution in [0.2, 0.25) is 0 Å². The van der Waals surface area contributed by atoms with Crippen LogP contribution in [0.3, 0.4) is 0 Å². The summed E-state index contributed by atoms with van der Waals surface area (Å²) in [5.74, 6) is -2.37. The highest BCUT2D eigenvalue weighted by Crippen LogP contribution is 2.41. The Balaban J connectivity index is 1.84. The van der Waals surface area contributed by atoms with Gasteiger partial charge in [-0.3, -0.25) is 4.79 Å². The average molecular weight is 383 g/mol. The van der Waals surface area contributed by atoms with Crippen molar-refractivity contribution in [3.63, 3.8) is 0 Å². The van der Waals surface area contributed by atoms with Gasteiger partial charge in [-0.25, -0.2) is 0 Å². The molecule has 7 heteroatoms. The Kier molecular flexibility index (Phi) is 4.39. The van der Waals surface area contributed by atoms with Gasteiger partial charge < -0.3 is 30.6 Å². The van der Waals surface area contributed by atoms with E-state index in [1.54, 1.807) is 12.1 Å². The minimum Gasteiger partial charge on any atom is -0.504 e. The molecule has 146 valence electrons. The van der Waals surface area contributed by atoms with Gasteiger partial charge in [0.05, 0.1) is 5.39 Å². The van der Waals surface area contributed by atoms with Crippen molar-refractivity contribution in [3.8, 4) is 34.3 Å². The highest BCUT2D eigenvalue weighted by molar-refractivity contribution is 5.83. The van der Waals surface area contributed by atoms with Crippen LogP contribution in [0.15, 0.2) is 39.5 Å². The first-order valence-electron chi connectivity index (χ1n) is 9.15. The van der Waals surface area contributed by atoms with Crippen LogP contribution in [0.5, 0.6) is 23.0 Å². The summed E-state index contributed by atoms with van der Waals surface area (Å²) in [6.45, 7) is 0. The molecule has 0 amide bonds. The number of nitrogens with two attached hydrogens (primary N) is 1. The fourth-order valence-corrected chi connectivity index (χ4v) is 3.84. The van der Waals surface area contributed by atoms with E-state index in [2.05, 4.69) is 0 Å². The zero-order valence-corrected chi connectivity index (χ0v) is 15.1. The normalized spacial score (nSPS) is 19.8. The van der Waals surface area contributed by atoms with Crippen molar-refractivity contribution in [1.29, 1.82) is 0 Å². The van der Waals surface area contributed by atoms with Gasteiger partial charge in [-0.2, -0.15) is 0 Å². The topological polar surface area (TPSA) is 137 Å². The Morgan fingerprint density at radius 1 is 0.893 bits per heavy atom. The van der Waals surface area contributed by atoms with Crippen molar-refractivity contribution in [3.05, 3.63) is 46.1 Å². The number of aromatic hydroxyl groups is 4. The number of benzene rings is 2. The molecule has 0 radical (unpaired) electrons. The Bertz CT molecular complexity index is 1090. The van der Waals surface area contributed by atoms with Gasteiger partial charge in [0, 0.05) is 11.6 Å². The number of fused-ring (bicyclic) bond motifs is 1. The first-order chi connectivity index (χ1) is 13.3. The van der Waals surface area contributed by atoms with E-state index in [-0.39, 0.29) is 22.8 Å². The van der Waals surface area contributed by atoms with Gasteiger partial charge in [0.15, 0.2) is 23.0 Å². The zero-order valence-electron chi connectivity index (χ0n) is 15.1. The Morgan fingerprint density at radius 3 is 2.18 bits per heavy atom. The molecule has 28 heavy (non-hydrogen) atoms.